The zero-order valence-corrected chi connectivity index (χ0v) is 9.70. The number of aryl methyl sites for hydroxylation is 2. The molecule has 2 rings (SSSR count). The largest absolute Gasteiger partial charge is 0.508 e. The molecule has 2 aromatic rings. The summed E-state index contributed by atoms with van der Waals surface area (Å²) in [4.78, 5) is 0. The highest BCUT2D eigenvalue weighted by atomic mass is 16.3. The quantitative estimate of drug-likeness (QED) is 0.806. The molecule has 0 saturated carbocycles. The third-order valence-corrected chi connectivity index (χ3v) is 2.75. The van der Waals surface area contributed by atoms with E-state index in [0.717, 1.165) is 12.0 Å². The van der Waals surface area contributed by atoms with Crippen LogP contribution in [0.25, 0.3) is 0 Å². The average Bonchev–Trinajstić information content (AvgIpc) is 2.24. The van der Waals surface area contributed by atoms with Crippen LogP contribution in [0.2, 0.25) is 0 Å². The lowest BCUT2D eigenvalue weighted by molar-refractivity contribution is 0.471. The Labute approximate surface area is 96.4 Å². The molecule has 1 heteroatoms. The summed E-state index contributed by atoms with van der Waals surface area (Å²) in [7, 11) is 0. The zero-order chi connectivity index (χ0) is 11.5. The molecule has 0 aliphatic carbocycles. The molecule has 0 aliphatic heterocycles. The first-order valence-corrected chi connectivity index (χ1v) is 5.49. The van der Waals surface area contributed by atoms with Gasteiger partial charge in [0, 0.05) is 0 Å². The van der Waals surface area contributed by atoms with Crippen LogP contribution in [0.4, 0.5) is 0 Å². The molecule has 0 heterocycles. The summed E-state index contributed by atoms with van der Waals surface area (Å²) in [6.45, 7) is 4.03. The van der Waals surface area contributed by atoms with Crippen molar-refractivity contribution in [2.75, 3.05) is 0 Å². The standard InChI is InChI=1S/C15H16O/c1-11-4-3-5-13(8-11)10-14-6-7-15(16)12(2)9-14/h3-9,16H,10H2,1-2H3. The first-order chi connectivity index (χ1) is 7.65. The van der Waals surface area contributed by atoms with E-state index in [0.29, 0.717) is 5.75 Å². The minimum atomic E-state index is 0.369. The summed E-state index contributed by atoms with van der Waals surface area (Å²) in [6, 6.07) is 14.3. The van der Waals surface area contributed by atoms with Gasteiger partial charge in [-0.2, -0.15) is 0 Å². The number of hydrogen-bond donors (Lipinski definition) is 1. The lowest BCUT2D eigenvalue weighted by Gasteiger charge is -2.05. The Balaban J connectivity index is 2.24. The fourth-order valence-electron chi connectivity index (χ4n) is 1.89. The molecule has 1 nitrogen and oxygen atoms in total. The molecule has 0 unspecified atom stereocenters. The summed E-state index contributed by atoms with van der Waals surface area (Å²) in [5.74, 6) is 0.369. The smallest absolute Gasteiger partial charge is 0.118 e. The Kier molecular flexibility index (Phi) is 2.95. The minimum absolute atomic E-state index is 0.369. The third kappa shape index (κ3) is 2.43. The Morgan fingerprint density at radius 1 is 0.938 bits per heavy atom. The van der Waals surface area contributed by atoms with E-state index in [2.05, 4.69) is 31.2 Å². The number of phenolic OH excluding ortho intramolecular Hbond substituents is 1. The van der Waals surface area contributed by atoms with Gasteiger partial charge in [-0.3, -0.25) is 0 Å². The molecular formula is C15H16O. The van der Waals surface area contributed by atoms with Crippen molar-refractivity contribution in [3.8, 4) is 5.75 Å². The van der Waals surface area contributed by atoms with Crippen LogP contribution in [0.1, 0.15) is 22.3 Å². The maximum absolute atomic E-state index is 9.45. The molecule has 0 bridgehead atoms. The zero-order valence-electron chi connectivity index (χ0n) is 9.70. The van der Waals surface area contributed by atoms with E-state index in [1.165, 1.54) is 16.7 Å². The van der Waals surface area contributed by atoms with Gasteiger partial charge in [0.1, 0.15) is 5.75 Å². The van der Waals surface area contributed by atoms with Crippen LogP contribution >= 0.6 is 0 Å². The van der Waals surface area contributed by atoms with Crippen LogP contribution < -0.4 is 0 Å². The Bertz CT molecular complexity index is 501. The second-order valence-corrected chi connectivity index (χ2v) is 4.29. The monoisotopic (exact) mass is 212 g/mol. The van der Waals surface area contributed by atoms with Gasteiger partial charge in [0.05, 0.1) is 0 Å². The van der Waals surface area contributed by atoms with Crippen molar-refractivity contribution >= 4 is 0 Å². The van der Waals surface area contributed by atoms with Crippen LogP contribution in [0.3, 0.4) is 0 Å². The molecule has 0 amide bonds. The van der Waals surface area contributed by atoms with Crippen molar-refractivity contribution in [3.05, 3.63) is 64.7 Å². The van der Waals surface area contributed by atoms with E-state index in [4.69, 9.17) is 0 Å². The summed E-state index contributed by atoms with van der Waals surface area (Å²) < 4.78 is 0. The van der Waals surface area contributed by atoms with Gasteiger partial charge >= 0.3 is 0 Å². The molecular weight excluding hydrogens is 196 g/mol. The van der Waals surface area contributed by atoms with E-state index < -0.39 is 0 Å². The molecule has 0 fully saturated rings. The highest BCUT2D eigenvalue weighted by Crippen LogP contribution is 2.19. The van der Waals surface area contributed by atoms with Crippen molar-refractivity contribution in [1.29, 1.82) is 0 Å². The fraction of sp³-hybridized carbons (Fsp3) is 0.200. The second kappa shape index (κ2) is 4.40. The minimum Gasteiger partial charge on any atom is -0.508 e. The highest BCUT2D eigenvalue weighted by Gasteiger charge is 2.00. The van der Waals surface area contributed by atoms with Gasteiger partial charge in [0.2, 0.25) is 0 Å². The molecule has 82 valence electrons. The Hall–Kier alpha value is -1.76. The Morgan fingerprint density at radius 3 is 2.38 bits per heavy atom. The molecule has 0 aromatic heterocycles. The van der Waals surface area contributed by atoms with E-state index in [-0.39, 0.29) is 0 Å². The highest BCUT2D eigenvalue weighted by molar-refractivity contribution is 5.37. The van der Waals surface area contributed by atoms with Gasteiger partial charge < -0.3 is 5.11 Å². The normalized spacial score (nSPS) is 10.4. The molecule has 16 heavy (non-hydrogen) atoms. The summed E-state index contributed by atoms with van der Waals surface area (Å²) >= 11 is 0. The maximum Gasteiger partial charge on any atom is 0.118 e. The summed E-state index contributed by atoms with van der Waals surface area (Å²) in [5.41, 5.74) is 4.77. The lowest BCUT2D eigenvalue weighted by atomic mass is 10.0. The van der Waals surface area contributed by atoms with Crippen LogP contribution in [-0.4, -0.2) is 5.11 Å². The predicted molar refractivity (Wildman–Crippen MR) is 66.8 cm³/mol. The summed E-state index contributed by atoms with van der Waals surface area (Å²) in [6.07, 6.45) is 0.919. The van der Waals surface area contributed by atoms with Gasteiger partial charge in [0.25, 0.3) is 0 Å². The van der Waals surface area contributed by atoms with Crippen LogP contribution in [0, 0.1) is 13.8 Å². The van der Waals surface area contributed by atoms with Gasteiger partial charge in [-0.25, -0.2) is 0 Å². The van der Waals surface area contributed by atoms with Crippen LogP contribution in [0.5, 0.6) is 5.75 Å². The van der Waals surface area contributed by atoms with Crippen molar-refractivity contribution < 1.29 is 5.11 Å². The van der Waals surface area contributed by atoms with Crippen molar-refractivity contribution in [3.63, 3.8) is 0 Å². The first-order valence-electron chi connectivity index (χ1n) is 5.49. The number of rotatable bonds is 2. The molecule has 0 aliphatic rings. The number of hydrogen-bond acceptors (Lipinski definition) is 1. The molecule has 0 spiro atoms. The number of phenols is 1. The molecule has 0 saturated heterocycles. The molecule has 0 atom stereocenters. The average molecular weight is 212 g/mol. The van der Waals surface area contributed by atoms with E-state index in [9.17, 15) is 5.11 Å². The van der Waals surface area contributed by atoms with Crippen molar-refractivity contribution in [2.24, 2.45) is 0 Å². The van der Waals surface area contributed by atoms with E-state index >= 15 is 0 Å². The number of benzene rings is 2. The molecule has 2 aromatic carbocycles. The SMILES string of the molecule is Cc1cccc(Cc2ccc(O)c(C)c2)c1. The van der Waals surface area contributed by atoms with Crippen LogP contribution in [-0.2, 0) is 6.42 Å². The maximum atomic E-state index is 9.45. The van der Waals surface area contributed by atoms with Gasteiger partial charge in [-0.05, 0) is 43.0 Å². The van der Waals surface area contributed by atoms with E-state index in [1.807, 2.05) is 19.1 Å². The van der Waals surface area contributed by atoms with E-state index in [1.54, 1.807) is 6.07 Å². The lowest BCUT2D eigenvalue weighted by Crippen LogP contribution is -1.89. The fourth-order valence-corrected chi connectivity index (χ4v) is 1.89. The Morgan fingerprint density at radius 2 is 1.69 bits per heavy atom. The first kappa shape index (κ1) is 10.7. The summed E-state index contributed by atoms with van der Waals surface area (Å²) in [5, 5.41) is 9.45. The van der Waals surface area contributed by atoms with Gasteiger partial charge in [-0.1, -0.05) is 42.0 Å². The molecule has 1 N–H and O–H groups in total. The number of aromatic hydroxyl groups is 1. The third-order valence-electron chi connectivity index (χ3n) is 2.75. The predicted octanol–water partition coefficient (Wildman–Crippen LogP) is 3.60. The van der Waals surface area contributed by atoms with Crippen molar-refractivity contribution in [1.82, 2.24) is 0 Å². The topological polar surface area (TPSA) is 20.2 Å². The van der Waals surface area contributed by atoms with Crippen molar-refractivity contribution in [2.45, 2.75) is 20.3 Å². The second-order valence-electron chi connectivity index (χ2n) is 4.29. The van der Waals surface area contributed by atoms with Gasteiger partial charge in [-0.15, -0.1) is 0 Å². The van der Waals surface area contributed by atoms with Gasteiger partial charge in [0.15, 0.2) is 0 Å². The molecule has 0 radical (unpaired) electrons. The van der Waals surface area contributed by atoms with Crippen LogP contribution in [0.15, 0.2) is 42.5 Å².